The van der Waals surface area contributed by atoms with Crippen molar-refractivity contribution in [1.82, 2.24) is 9.78 Å². The Kier molecular flexibility index (Phi) is 7.87. The van der Waals surface area contributed by atoms with Gasteiger partial charge in [-0.3, -0.25) is 9.48 Å². The molecule has 1 aliphatic rings. The summed E-state index contributed by atoms with van der Waals surface area (Å²) in [6, 6.07) is 7.94. The molecule has 1 aromatic heterocycles. The van der Waals surface area contributed by atoms with Crippen LogP contribution in [0.15, 0.2) is 28.9 Å². The lowest BCUT2D eigenvalue weighted by atomic mass is 9.97. The fraction of sp³-hybridized carbons (Fsp3) is 0.560. The lowest BCUT2D eigenvalue weighted by Crippen LogP contribution is -2.46. The van der Waals surface area contributed by atoms with Crippen LogP contribution in [0.2, 0.25) is 18.1 Å². The smallest absolute Gasteiger partial charge is 0.254 e. The lowest BCUT2D eigenvalue weighted by molar-refractivity contribution is 0.0342. The number of hydrogen-bond donors (Lipinski definition) is 2. The van der Waals surface area contributed by atoms with Gasteiger partial charge >= 0.3 is 0 Å². The van der Waals surface area contributed by atoms with E-state index in [1.807, 2.05) is 18.2 Å². The second kappa shape index (κ2) is 10.0. The van der Waals surface area contributed by atoms with Gasteiger partial charge in [0.05, 0.1) is 30.2 Å². The first-order valence-corrected chi connectivity index (χ1v) is 15.5. The van der Waals surface area contributed by atoms with E-state index in [0.717, 1.165) is 15.7 Å². The Balaban J connectivity index is 1.88. The maximum atomic E-state index is 12.1. The number of nitrogens with one attached hydrogen (secondary N) is 1. The average Bonchev–Trinajstić information content (AvgIpc) is 3.16. The summed E-state index contributed by atoms with van der Waals surface area (Å²) in [5, 5.41) is 17.4. The summed E-state index contributed by atoms with van der Waals surface area (Å²) < 4.78 is 14.8. The molecule has 2 aromatic rings. The fourth-order valence-electron chi connectivity index (χ4n) is 4.03. The van der Waals surface area contributed by atoms with Gasteiger partial charge in [0.25, 0.3) is 5.91 Å². The Bertz CT molecular complexity index is 1130. The molecule has 1 aromatic carbocycles. The third-order valence-electron chi connectivity index (χ3n) is 7.03. The molecule has 0 spiro atoms. The molecule has 8 nitrogen and oxygen atoms in total. The number of rotatable bonds is 7. The van der Waals surface area contributed by atoms with E-state index in [1.54, 1.807) is 10.9 Å². The van der Waals surface area contributed by atoms with Gasteiger partial charge in [-0.25, -0.2) is 0 Å². The quantitative estimate of drug-likeness (QED) is 0.410. The van der Waals surface area contributed by atoms with Crippen molar-refractivity contribution >= 4 is 41.7 Å². The zero-order valence-corrected chi connectivity index (χ0v) is 24.2. The SMILES string of the molecule is CC(C)(O[Si](C)(C)C(C)(C)C)c1ccc(Nc2nn(C3COCCC3C#N)cc2C(N)=O)cc1Br. The Morgan fingerprint density at radius 1 is 1.34 bits per heavy atom. The van der Waals surface area contributed by atoms with Crippen LogP contribution in [0.3, 0.4) is 0 Å². The molecule has 0 aliphatic carbocycles. The number of primary amides is 1. The maximum absolute atomic E-state index is 12.1. The van der Waals surface area contributed by atoms with E-state index in [9.17, 15) is 10.1 Å². The van der Waals surface area contributed by atoms with Crippen LogP contribution in [-0.4, -0.2) is 37.2 Å². The van der Waals surface area contributed by atoms with Gasteiger partial charge < -0.3 is 20.2 Å². The van der Waals surface area contributed by atoms with Gasteiger partial charge in [0, 0.05) is 23.0 Å². The van der Waals surface area contributed by atoms with Crippen LogP contribution in [0.5, 0.6) is 0 Å². The van der Waals surface area contributed by atoms with Crippen molar-refractivity contribution in [1.29, 1.82) is 5.26 Å². The number of aromatic nitrogens is 2. The number of ether oxygens (including phenoxy) is 1. The highest BCUT2D eigenvalue weighted by molar-refractivity contribution is 9.10. The summed E-state index contributed by atoms with van der Waals surface area (Å²) in [6.45, 7) is 16.3. The molecule has 3 N–H and O–H groups in total. The number of carbonyl (C=O) groups is 1. The number of halogens is 1. The van der Waals surface area contributed by atoms with E-state index in [4.69, 9.17) is 14.9 Å². The molecule has 190 valence electrons. The number of amides is 1. The Morgan fingerprint density at radius 3 is 2.60 bits per heavy atom. The van der Waals surface area contributed by atoms with Crippen molar-refractivity contribution in [2.75, 3.05) is 18.5 Å². The van der Waals surface area contributed by atoms with Gasteiger partial charge in [-0.1, -0.05) is 42.8 Å². The summed E-state index contributed by atoms with van der Waals surface area (Å²) in [5.41, 5.74) is 7.17. The van der Waals surface area contributed by atoms with Crippen molar-refractivity contribution in [2.45, 2.75) is 70.8 Å². The van der Waals surface area contributed by atoms with E-state index in [2.05, 4.69) is 80.1 Å². The van der Waals surface area contributed by atoms with Gasteiger partial charge in [-0.15, -0.1) is 0 Å². The van der Waals surface area contributed by atoms with Crippen molar-refractivity contribution in [3.05, 3.63) is 40.0 Å². The van der Waals surface area contributed by atoms with Crippen molar-refractivity contribution < 1.29 is 14.0 Å². The molecule has 1 fully saturated rings. The van der Waals surface area contributed by atoms with Crippen LogP contribution >= 0.6 is 15.9 Å². The van der Waals surface area contributed by atoms with Crippen molar-refractivity contribution in [3.63, 3.8) is 0 Å². The molecular weight excluding hydrogens is 526 g/mol. The highest BCUT2D eigenvalue weighted by Gasteiger charge is 2.42. The number of hydrogen-bond acceptors (Lipinski definition) is 6. The molecule has 2 unspecified atom stereocenters. The first-order chi connectivity index (χ1) is 16.2. The molecule has 0 saturated carbocycles. The minimum absolute atomic E-state index is 0.0934. The Morgan fingerprint density at radius 2 is 2.03 bits per heavy atom. The largest absolute Gasteiger partial charge is 0.408 e. The first-order valence-electron chi connectivity index (χ1n) is 11.8. The molecule has 0 radical (unpaired) electrons. The molecule has 1 saturated heterocycles. The van der Waals surface area contributed by atoms with Gasteiger partial charge in [-0.05, 0) is 56.1 Å². The van der Waals surface area contributed by atoms with Crippen molar-refractivity contribution in [2.24, 2.45) is 11.7 Å². The molecule has 3 rings (SSSR count). The molecule has 0 bridgehead atoms. The predicted molar refractivity (Wildman–Crippen MR) is 143 cm³/mol. The van der Waals surface area contributed by atoms with E-state index in [1.165, 1.54) is 0 Å². The van der Waals surface area contributed by atoms with Crippen LogP contribution < -0.4 is 11.1 Å². The van der Waals surface area contributed by atoms with Crippen LogP contribution in [-0.2, 0) is 14.8 Å². The Labute approximate surface area is 217 Å². The first kappa shape index (κ1) is 27.4. The minimum atomic E-state index is -2.00. The molecule has 1 amide bonds. The zero-order chi connectivity index (χ0) is 26.2. The number of benzene rings is 1. The van der Waals surface area contributed by atoms with E-state index in [0.29, 0.717) is 25.5 Å². The van der Waals surface area contributed by atoms with Crippen molar-refractivity contribution in [3.8, 4) is 6.07 Å². The normalized spacial score (nSPS) is 19.3. The van der Waals surface area contributed by atoms with Gasteiger partial charge in [0.15, 0.2) is 14.1 Å². The molecular formula is C25H36BrN5O3Si. The summed E-state index contributed by atoms with van der Waals surface area (Å²) in [5.74, 6) is -0.492. The highest BCUT2D eigenvalue weighted by atomic mass is 79.9. The summed E-state index contributed by atoms with van der Waals surface area (Å²) in [7, 11) is -2.00. The fourth-order valence-corrected chi connectivity index (χ4v) is 6.58. The third-order valence-corrected chi connectivity index (χ3v) is 12.3. The molecule has 10 heteroatoms. The second-order valence-electron chi connectivity index (χ2n) is 11.1. The van der Waals surface area contributed by atoms with Crippen LogP contribution in [0.25, 0.3) is 0 Å². The van der Waals surface area contributed by atoms with Gasteiger partial charge in [0.1, 0.15) is 5.56 Å². The summed E-state index contributed by atoms with van der Waals surface area (Å²) in [4.78, 5) is 12.1. The highest BCUT2D eigenvalue weighted by Crippen LogP contribution is 2.43. The minimum Gasteiger partial charge on any atom is -0.408 e. The molecule has 35 heavy (non-hydrogen) atoms. The maximum Gasteiger partial charge on any atom is 0.254 e. The number of nitrogens with two attached hydrogens (primary N) is 1. The summed E-state index contributed by atoms with van der Waals surface area (Å²) >= 11 is 3.71. The third kappa shape index (κ3) is 5.97. The standard InChI is InChI=1S/C25H36BrN5O3Si/c1-24(2,3)35(6,7)34-25(4,5)19-9-8-17(12-20(19)26)29-23-18(22(28)32)14-31(30-23)21-15-33-11-10-16(21)13-27/h8-9,12,14,16,21H,10-11,15H2,1-7H3,(H2,28,32)(H,29,30). The van der Waals surface area contributed by atoms with E-state index < -0.39 is 19.8 Å². The Hall–Kier alpha value is -2.19. The number of anilines is 2. The second-order valence-corrected chi connectivity index (χ2v) is 16.7. The van der Waals surface area contributed by atoms with Crippen LogP contribution in [0.4, 0.5) is 11.5 Å². The monoisotopic (exact) mass is 561 g/mol. The topological polar surface area (TPSA) is 115 Å². The number of nitriles is 1. The van der Waals surface area contributed by atoms with Gasteiger partial charge in [0.2, 0.25) is 0 Å². The number of carbonyl (C=O) groups excluding carboxylic acids is 1. The number of nitrogens with zero attached hydrogens (tertiary/aromatic N) is 3. The molecule has 1 aliphatic heterocycles. The summed E-state index contributed by atoms with van der Waals surface area (Å²) in [6.07, 6.45) is 2.21. The molecule has 2 atom stereocenters. The van der Waals surface area contributed by atoms with Crippen LogP contribution in [0.1, 0.15) is 63.0 Å². The van der Waals surface area contributed by atoms with E-state index in [-0.39, 0.29) is 22.6 Å². The molecule has 2 heterocycles. The van der Waals surface area contributed by atoms with Gasteiger partial charge in [-0.2, -0.15) is 10.4 Å². The lowest BCUT2D eigenvalue weighted by Gasteiger charge is -2.43. The predicted octanol–water partition coefficient (Wildman–Crippen LogP) is 5.85. The average molecular weight is 563 g/mol. The zero-order valence-electron chi connectivity index (χ0n) is 21.6. The van der Waals surface area contributed by atoms with Crippen LogP contribution in [0, 0.1) is 17.2 Å². The van der Waals surface area contributed by atoms with E-state index >= 15 is 0 Å².